The summed E-state index contributed by atoms with van der Waals surface area (Å²) in [5.74, 6) is 0.503. The first-order valence-electron chi connectivity index (χ1n) is 8.65. The van der Waals surface area contributed by atoms with Gasteiger partial charge in [-0.1, -0.05) is 6.42 Å². The molecule has 4 rings (SSSR count). The van der Waals surface area contributed by atoms with E-state index < -0.39 is 6.10 Å². The Kier molecular flexibility index (Phi) is 3.88. The zero-order valence-corrected chi connectivity index (χ0v) is 13.9. The van der Waals surface area contributed by atoms with E-state index in [1.807, 2.05) is 15.6 Å². The van der Waals surface area contributed by atoms with Crippen molar-refractivity contribution in [1.29, 1.82) is 0 Å². The van der Waals surface area contributed by atoms with Crippen molar-refractivity contribution in [3.63, 3.8) is 0 Å². The maximum Gasteiger partial charge on any atom is 0.226 e. The van der Waals surface area contributed by atoms with Gasteiger partial charge in [-0.15, -0.1) is 0 Å². The highest BCUT2D eigenvalue weighted by Gasteiger charge is 2.31. The second-order valence-corrected chi connectivity index (χ2v) is 6.81. The number of carbonyl (C=O) groups excluding carboxylic acids is 1. The minimum Gasteiger partial charge on any atom is -0.380 e. The summed E-state index contributed by atoms with van der Waals surface area (Å²) in [6.45, 7) is 2.15. The maximum atomic E-state index is 12.6. The molecule has 2 aromatic rings. The van der Waals surface area contributed by atoms with Crippen LogP contribution in [0.5, 0.6) is 0 Å². The van der Waals surface area contributed by atoms with E-state index in [2.05, 4.69) is 10.2 Å². The first-order valence-corrected chi connectivity index (χ1v) is 8.65. The molecule has 0 spiro atoms. The van der Waals surface area contributed by atoms with Crippen molar-refractivity contribution in [2.24, 2.45) is 13.0 Å². The van der Waals surface area contributed by atoms with E-state index in [4.69, 9.17) is 0 Å². The highest BCUT2D eigenvalue weighted by Crippen LogP contribution is 2.30. The van der Waals surface area contributed by atoms with Gasteiger partial charge < -0.3 is 10.0 Å². The fourth-order valence-corrected chi connectivity index (χ4v) is 3.52. The van der Waals surface area contributed by atoms with Crippen LogP contribution in [-0.4, -0.2) is 42.0 Å². The molecule has 0 bridgehead atoms. The summed E-state index contributed by atoms with van der Waals surface area (Å²) < 4.78 is 3.59. The van der Waals surface area contributed by atoms with Crippen molar-refractivity contribution in [3.05, 3.63) is 35.4 Å². The molecule has 7 heteroatoms. The van der Waals surface area contributed by atoms with Gasteiger partial charge in [-0.2, -0.15) is 10.2 Å². The number of rotatable bonds is 3. The molecule has 128 valence electrons. The summed E-state index contributed by atoms with van der Waals surface area (Å²) in [5, 5.41) is 19.2. The molecule has 2 aromatic heterocycles. The standard InChI is InChI=1S/C17H23N5O2/c1-20-15(6-7-18-20)16(23)14-10-13-11-21(8-3-9-22(13)19-14)17(24)12-4-2-5-12/h6-7,10,12,16,23H,2-5,8-9,11H2,1H3/t16-/m1/s1. The van der Waals surface area contributed by atoms with E-state index >= 15 is 0 Å². The van der Waals surface area contributed by atoms with Crippen LogP contribution >= 0.6 is 0 Å². The first kappa shape index (κ1) is 15.4. The van der Waals surface area contributed by atoms with Gasteiger partial charge in [0.1, 0.15) is 6.10 Å². The molecule has 1 fully saturated rings. The summed E-state index contributed by atoms with van der Waals surface area (Å²) in [4.78, 5) is 14.5. The quantitative estimate of drug-likeness (QED) is 0.919. The summed E-state index contributed by atoms with van der Waals surface area (Å²) in [5.41, 5.74) is 2.33. The Labute approximate surface area is 140 Å². The second-order valence-electron chi connectivity index (χ2n) is 6.81. The highest BCUT2D eigenvalue weighted by atomic mass is 16.3. The predicted octanol–water partition coefficient (Wildman–Crippen LogP) is 1.23. The number of aromatic nitrogens is 4. The molecule has 2 aliphatic rings. The van der Waals surface area contributed by atoms with Gasteiger partial charge in [0.2, 0.25) is 5.91 Å². The molecule has 1 amide bonds. The molecule has 1 aliphatic heterocycles. The second kappa shape index (κ2) is 6.05. The first-order chi connectivity index (χ1) is 11.6. The lowest BCUT2D eigenvalue weighted by Gasteiger charge is -2.30. The Hall–Kier alpha value is -2.15. The van der Waals surface area contributed by atoms with Crippen LogP contribution in [0.15, 0.2) is 18.3 Å². The van der Waals surface area contributed by atoms with Crippen molar-refractivity contribution in [2.75, 3.05) is 6.54 Å². The third kappa shape index (κ3) is 2.62. The third-order valence-corrected chi connectivity index (χ3v) is 5.22. The number of hydrogen-bond donors (Lipinski definition) is 1. The number of fused-ring (bicyclic) bond motifs is 1. The van der Waals surface area contributed by atoms with Crippen LogP contribution < -0.4 is 0 Å². The molecular formula is C17H23N5O2. The van der Waals surface area contributed by atoms with Crippen LogP contribution in [0.4, 0.5) is 0 Å². The van der Waals surface area contributed by atoms with Gasteiger partial charge in [-0.05, 0) is 31.4 Å². The fraction of sp³-hybridized carbons (Fsp3) is 0.588. The molecule has 0 aromatic carbocycles. The molecule has 0 radical (unpaired) electrons. The monoisotopic (exact) mass is 329 g/mol. The van der Waals surface area contributed by atoms with Crippen molar-refractivity contribution in [3.8, 4) is 0 Å². The molecule has 3 heterocycles. The minimum atomic E-state index is -0.798. The number of aryl methyl sites for hydroxylation is 2. The lowest BCUT2D eigenvalue weighted by molar-refractivity contribution is -0.138. The average Bonchev–Trinajstić information content (AvgIpc) is 3.06. The topological polar surface area (TPSA) is 76.2 Å². The Morgan fingerprint density at radius 3 is 2.83 bits per heavy atom. The van der Waals surface area contributed by atoms with E-state index in [1.54, 1.807) is 24.0 Å². The van der Waals surface area contributed by atoms with E-state index in [1.165, 1.54) is 6.42 Å². The van der Waals surface area contributed by atoms with E-state index in [9.17, 15) is 9.90 Å². The average molecular weight is 329 g/mol. The van der Waals surface area contributed by atoms with Gasteiger partial charge in [0.15, 0.2) is 0 Å². The van der Waals surface area contributed by atoms with E-state index in [0.717, 1.165) is 38.0 Å². The van der Waals surface area contributed by atoms with Crippen LogP contribution in [-0.2, 0) is 24.9 Å². The summed E-state index contributed by atoms with van der Waals surface area (Å²) in [6.07, 6.45) is 4.99. The summed E-state index contributed by atoms with van der Waals surface area (Å²) >= 11 is 0. The number of aliphatic hydroxyl groups excluding tert-OH is 1. The molecule has 1 atom stereocenters. The molecular weight excluding hydrogens is 306 g/mol. The van der Waals surface area contributed by atoms with Gasteiger partial charge in [-0.3, -0.25) is 14.2 Å². The summed E-state index contributed by atoms with van der Waals surface area (Å²) in [7, 11) is 1.80. The number of carbonyl (C=O) groups is 1. The molecule has 1 N–H and O–H groups in total. The van der Waals surface area contributed by atoms with Gasteiger partial charge >= 0.3 is 0 Å². The Bertz CT molecular complexity index is 746. The Morgan fingerprint density at radius 1 is 1.33 bits per heavy atom. The Balaban J connectivity index is 1.55. The minimum absolute atomic E-state index is 0.221. The van der Waals surface area contributed by atoms with Crippen LogP contribution in [0.2, 0.25) is 0 Å². The summed E-state index contributed by atoms with van der Waals surface area (Å²) in [6, 6.07) is 3.71. The molecule has 7 nitrogen and oxygen atoms in total. The lowest BCUT2D eigenvalue weighted by Crippen LogP contribution is -2.38. The van der Waals surface area contributed by atoms with Crippen LogP contribution in [0.3, 0.4) is 0 Å². The van der Waals surface area contributed by atoms with Gasteiger partial charge in [-0.25, -0.2) is 0 Å². The largest absolute Gasteiger partial charge is 0.380 e. The maximum absolute atomic E-state index is 12.6. The highest BCUT2D eigenvalue weighted by molar-refractivity contribution is 5.79. The number of hydrogen-bond acceptors (Lipinski definition) is 4. The SMILES string of the molecule is Cn1nccc1[C@H](O)c1cc2n(n1)CCCN(C(=O)C1CCC1)C2. The molecule has 0 saturated heterocycles. The van der Waals surface area contributed by atoms with Crippen LogP contribution in [0.1, 0.15) is 48.9 Å². The normalized spacial score (nSPS) is 19.5. The number of aliphatic hydroxyl groups is 1. The van der Waals surface area contributed by atoms with Crippen LogP contribution in [0.25, 0.3) is 0 Å². The third-order valence-electron chi connectivity index (χ3n) is 5.22. The molecule has 1 aliphatic carbocycles. The van der Waals surface area contributed by atoms with E-state index in [-0.39, 0.29) is 11.8 Å². The van der Waals surface area contributed by atoms with Crippen molar-refractivity contribution in [2.45, 2.75) is 44.9 Å². The van der Waals surface area contributed by atoms with Crippen molar-refractivity contribution >= 4 is 5.91 Å². The van der Waals surface area contributed by atoms with Gasteiger partial charge in [0.25, 0.3) is 0 Å². The van der Waals surface area contributed by atoms with Crippen molar-refractivity contribution in [1.82, 2.24) is 24.5 Å². The predicted molar refractivity (Wildman–Crippen MR) is 86.9 cm³/mol. The smallest absolute Gasteiger partial charge is 0.226 e. The number of nitrogens with zero attached hydrogens (tertiary/aromatic N) is 5. The van der Waals surface area contributed by atoms with Gasteiger partial charge in [0.05, 0.1) is 23.6 Å². The fourth-order valence-electron chi connectivity index (χ4n) is 3.52. The molecule has 0 unspecified atom stereocenters. The van der Waals surface area contributed by atoms with Gasteiger partial charge in [0, 0.05) is 32.3 Å². The Morgan fingerprint density at radius 2 is 2.17 bits per heavy atom. The zero-order valence-electron chi connectivity index (χ0n) is 13.9. The lowest BCUT2D eigenvalue weighted by atomic mass is 9.84. The van der Waals surface area contributed by atoms with Crippen LogP contribution in [0, 0.1) is 5.92 Å². The van der Waals surface area contributed by atoms with Crippen molar-refractivity contribution < 1.29 is 9.90 Å². The number of amides is 1. The zero-order chi connectivity index (χ0) is 16.7. The molecule has 24 heavy (non-hydrogen) atoms. The molecule has 1 saturated carbocycles. The van der Waals surface area contributed by atoms with E-state index in [0.29, 0.717) is 17.9 Å².